The Morgan fingerprint density at radius 3 is 2.55 bits per heavy atom. The Balaban J connectivity index is 1.64. The number of aryl methyl sites for hydroxylation is 1. The van der Waals surface area contributed by atoms with Gasteiger partial charge in [0.05, 0.1) is 6.54 Å². The average Bonchev–Trinajstić information content (AvgIpc) is 3.13. The number of nitrogens with one attached hydrogen (secondary N) is 1. The quantitative estimate of drug-likeness (QED) is 0.545. The van der Waals surface area contributed by atoms with E-state index < -0.39 is 17.8 Å². The van der Waals surface area contributed by atoms with Crippen LogP contribution in [0.5, 0.6) is 0 Å². The van der Waals surface area contributed by atoms with E-state index in [1.165, 1.54) is 6.07 Å². The molecule has 3 heterocycles. The lowest BCUT2D eigenvalue weighted by atomic mass is 10.2. The van der Waals surface area contributed by atoms with Crippen molar-refractivity contribution in [1.82, 2.24) is 19.8 Å². The van der Waals surface area contributed by atoms with Gasteiger partial charge in [0.2, 0.25) is 0 Å². The van der Waals surface area contributed by atoms with Crippen LogP contribution in [0.1, 0.15) is 22.5 Å². The monoisotopic (exact) mass is 390 g/mol. The SMILES string of the molecule is Cc1cc(C=C2NC(=O)N(Cc3ccccc3F)C2=O)c(C)n1-c1ccncc1. The zero-order valence-corrected chi connectivity index (χ0v) is 16.0. The number of aromatic nitrogens is 2. The number of nitrogens with zero attached hydrogens (tertiary/aromatic N) is 3. The minimum Gasteiger partial charge on any atom is -0.318 e. The van der Waals surface area contributed by atoms with Crippen LogP contribution in [0.4, 0.5) is 9.18 Å². The number of amides is 3. The zero-order valence-electron chi connectivity index (χ0n) is 16.0. The Morgan fingerprint density at radius 2 is 1.83 bits per heavy atom. The van der Waals surface area contributed by atoms with Crippen LogP contribution >= 0.6 is 0 Å². The number of benzene rings is 1. The van der Waals surface area contributed by atoms with Crippen LogP contribution in [0.15, 0.2) is 60.6 Å². The van der Waals surface area contributed by atoms with E-state index in [2.05, 4.69) is 10.3 Å². The van der Waals surface area contributed by atoms with Crippen LogP contribution in [0.2, 0.25) is 0 Å². The van der Waals surface area contributed by atoms with Crippen molar-refractivity contribution in [2.24, 2.45) is 0 Å². The number of pyridine rings is 1. The summed E-state index contributed by atoms with van der Waals surface area (Å²) in [5.41, 5.74) is 4.14. The summed E-state index contributed by atoms with van der Waals surface area (Å²) in [6, 6.07) is 11.3. The lowest BCUT2D eigenvalue weighted by Gasteiger charge is -2.12. The molecule has 2 aromatic heterocycles. The fraction of sp³-hybridized carbons (Fsp3) is 0.136. The van der Waals surface area contributed by atoms with Crippen molar-refractivity contribution in [3.05, 3.63) is 88.9 Å². The van der Waals surface area contributed by atoms with Crippen LogP contribution in [0, 0.1) is 19.7 Å². The number of hydrogen-bond donors (Lipinski definition) is 1. The van der Waals surface area contributed by atoms with Crippen LogP contribution in [-0.4, -0.2) is 26.4 Å². The highest BCUT2D eigenvalue weighted by Gasteiger charge is 2.34. The molecule has 3 amide bonds. The Kier molecular flexibility index (Phi) is 4.72. The van der Waals surface area contributed by atoms with Crippen LogP contribution in [0.3, 0.4) is 0 Å². The minimum atomic E-state index is -0.563. The molecule has 146 valence electrons. The molecule has 0 atom stereocenters. The molecule has 1 N–H and O–H groups in total. The molecule has 7 heteroatoms. The second-order valence-corrected chi connectivity index (χ2v) is 6.84. The number of imide groups is 1. The van der Waals surface area contributed by atoms with Gasteiger partial charge < -0.3 is 9.88 Å². The summed E-state index contributed by atoms with van der Waals surface area (Å²) in [5, 5.41) is 2.59. The second-order valence-electron chi connectivity index (χ2n) is 6.84. The smallest absolute Gasteiger partial charge is 0.318 e. The molecule has 3 aromatic rings. The van der Waals surface area contributed by atoms with Crippen LogP contribution < -0.4 is 5.32 Å². The molecule has 4 rings (SSSR count). The van der Waals surface area contributed by atoms with Crippen LogP contribution in [0.25, 0.3) is 11.8 Å². The maximum absolute atomic E-state index is 13.9. The summed E-state index contributed by atoms with van der Waals surface area (Å²) in [5.74, 6) is -0.932. The molecule has 1 aliphatic rings. The molecule has 0 aliphatic carbocycles. The van der Waals surface area contributed by atoms with E-state index in [0.717, 1.165) is 27.5 Å². The van der Waals surface area contributed by atoms with E-state index in [4.69, 9.17) is 0 Å². The molecular formula is C22H19FN4O2. The van der Waals surface area contributed by atoms with Gasteiger partial charge >= 0.3 is 6.03 Å². The van der Waals surface area contributed by atoms with Crippen molar-refractivity contribution in [2.45, 2.75) is 20.4 Å². The maximum Gasteiger partial charge on any atom is 0.329 e. The molecule has 1 fully saturated rings. The fourth-order valence-electron chi connectivity index (χ4n) is 3.49. The molecule has 6 nitrogen and oxygen atoms in total. The molecular weight excluding hydrogens is 371 g/mol. The number of carbonyl (C=O) groups excluding carboxylic acids is 2. The van der Waals surface area contributed by atoms with Gasteiger partial charge in [-0.15, -0.1) is 0 Å². The summed E-state index contributed by atoms with van der Waals surface area (Å²) in [6.45, 7) is 3.79. The number of rotatable bonds is 4. The molecule has 0 unspecified atom stereocenters. The molecule has 0 saturated carbocycles. The highest BCUT2D eigenvalue weighted by Crippen LogP contribution is 2.24. The molecule has 1 saturated heterocycles. The highest BCUT2D eigenvalue weighted by atomic mass is 19.1. The molecule has 0 spiro atoms. The van der Waals surface area contributed by atoms with E-state index >= 15 is 0 Å². The van der Waals surface area contributed by atoms with Gasteiger partial charge in [-0.1, -0.05) is 18.2 Å². The third-order valence-electron chi connectivity index (χ3n) is 4.94. The van der Waals surface area contributed by atoms with Crippen LogP contribution in [-0.2, 0) is 11.3 Å². The predicted octanol–water partition coefficient (Wildman–Crippen LogP) is 3.72. The standard InChI is InChI=1S/C22H19FN4O2/c1-14-11-17(15(2)27(14)18-7-9-24-10-8-18)12-20-21(28)26(22(29)25-20)13-16-5-3-4-6-19(16)23/h3-12H,13H2,1-2H3,(H,25,29). The largest absolute Gasteiger partial charge is 0.329 e. The fourth-order valence-corrected chi connectivity index (χ4v) is 3.49. The summed E-state index contributed by atoms with van der Waals surface area (Å²) in [4.78, 5) is 30.1. The molecule has 1 aliphatic heterocycles. The van der Waals surface area contributed by atoms with Gasteiger partial charge in [-0.25, -0.2) is 9.18 Å². The summed E-state index contributed by atoms with van der Waals surface area (Å²) in [7, 11) is 0. The summed E-state index contributed by atoms with van der Waals surface area (Å²) < 4.78 is 16.0. The van der Waals surface area contributed by atoms with E-state index in [-0.39, 0.29) is 17.8 Å². The normalized spacial score (nSPS) is 15.3. The lowest BCUT2D eigenvalue weighted by Crippen LogP contribution is -2.30. The van der Waals surface area contributed by atoms with E-state index in [1.807, 2.05) is 36.6 Å². The van der Waals surface area contributed by atoms with Gasteiger partial charge in [-0.3, -0.25) is 14.7 Å². The first kappa shape index (κ1) is 18.6. The van der Waals surface area contributed by atoms with Crippen molar-refractivity contribution in [2.75, 3.05) is 0 Å². The molecule has 0 bridgehead atoms. The third-order valence-corrected chi connectivity index (χ3v) is 4.94. The molecule has 29 heavy (non-hydrogen) atoms. The van der Waals surface area contributed by atoms with Gasteiger partial charge in [0.15, 0.2) is 0 Å². The number of carbonyl (C=O) groups is 2. The molecule has 0 radical (unpaired) electrons. The first-order valence-corrected chi connectivity index (χ1v) is 9.13. The third kappa shape index (κ3) is 3.42. The highest BCUT2D eigenvalue weighted by molar-refractivity contribution is 6.14. The first-order chi connectivity index (χ1) is 14.0. The lowest BCUT2D eigenvalue weighted by molar-refractivity contribution is -0.123. The van der Waals surface area contributed by atoms with Crippen molar-refractivity contribution in [3.63, 3.8) is 0 Å². The predicted molar refractivity (Wildman–Crippen MR) is 106 cm³/mol. The molecule has 1 aromatic carbocycles. The first-order valence-electron chi connectivity index (χ1n) is 9.13. The Labute approximate surface area is 167 Å². The van der Waals surface area contributed by atoms with E-state index in [1.54, 1.807) is 36.7 Å². The van der Waals surface area contributed by atoms with Gasteiger partial charge in [0.25, 0.3) is 5.91 Å². The van der Waals surface area contributed by atoms with Crippen molar-refractivity contribution < 1.29 is 14.0 Å². The minimum absolute atomic E-state index is 0.120. The number of halogens is 1. The summed E-state index contributed by atoms with van der Waals surface area (Å²) in [6.07, 6.45) is 5.09. The Bertz CT molecular complexity index is 1130. The number of urea groups is 1. The Hall–Kier alpha value is -3.74. The second kappa shape index (κ2) is 7.35. The number of hydrogen-bond acceptors (Lipinski definition) is 3. The van der Waals surface area contributed by atoms with E-state index in [0.29, 0.717) is 0 Å². The van der Waals surface area contributed by atoms with Gasteiger partial charge in [0.1, 0.15) is 11.5 Å². The van der Waals surface area contributed by atoms with E-state index in [9.17, 15) is 14.0 Å². The zero-order chi connectivity index (χ0) is 20.5. The topological polar surface area (TPSA) is 67.2 Å². The maximum atomic E-state index is 13.9. The Morgan fingerprint density at radius 1 is 1.10 bits per heavy atom. The van der Waals surface area contributed by atoms with Gasteiger partial charge in [-0.05, 0) is 49.8 Å². The average molecular weight is 390 g/mol. The summed E-state index contributed by atoms with van der Waals surface area (Å²) >= 11 is 0. The van der Waals surface area contributed by atoms with Crippen molar-refractivity contribution >= 4 is 18.0 Å². The van der Waals surface area contributed by atoms with Gasteiger partial charge in [0, 0.05) is 35.0 Å². The van der Waals surface area contributed by atoms with Gasteiger partial charge in [-0.2, -0.15) is 0 Å². The van der Waals surface area contributed by atoms with Crippen molar-refractivity contribution in [3.8, 4) is 5.69 Å². The van der Waals surface area contributed by atoms with Crippen molar-refractivity contribution in [1.29, 1.82) is 0 Å².